The number of carbonyl (C=O) groups is 2. The Labute approximate surface area is 183 Å². The van der Waals surface area contributed by atoms with E-state index in [9.17, 15) is 14.7 Å². The molecule has 1 aromatic heterocycles. The number of allylic oxidation sites excluding steroid dienone is 1. The molecule has 2 bridgehead atoms. The molecule has 5 rings (SSSR count). The Balaban J connectivity index is 1.55. The lowest BCUT2D eigenvalue weighted by Gasteiger charge is -2.20. The molecule has 31 heavy (non-hydrogen) atoms. The van der Waals surface area contributed by atoms with Crippen LogP contribution in [-0.2, 0) is 9.59 Å². The number of methoxy groups -OCH3 is 1. The van der Waals surface area contributed by atoms with Crippen molar-refractivity contribution in [1.82, 2.24) is 4.98 Å². The topological polar surface area (TPSA) is 85.7 Å². The van der Waals surface area contributed by atoms with Crippen molar-refractivity contribution >= 4 is 38.9 Å². The first-order chi connectivity index (χ1) is 15.0. The first-order valence-corrected chi connectivity index (χ1v) is 11.0. The second-order valence-corrected chi connectivity index (χ2v) is 8.97. The molecule has 0 amide bonds. The molecule has 7 heteroatoms. The maximum absolute atomic E-state index is 12.8. The lowest BCUT2D eigenvalue weighted by atomic mass is 9.81. The molecule has 1 N–H and O–H groups in total. The van der Waals surface area contributed by atoms with E-state index in [0.29, 0.717) is 39.8 Å². The molecule has 0 aliphatic heterocycles. The van der Waals surface area contributed by atoms with Gasteiger partial charge in [-0.15, -0.1) is 0 Å². The van der Waals surface area contributed by atoms with Gasteiger partial charge in [0.25, 0.3) is 5.19 Å². The standard InChI is InChI=1S/C24H21NO5S/c1-12-15(23(28)19-21(26)13-7-8-14(11-13)22(19)27)9-10-18-20(12)25-24(31-18)30-17-6-4-3-5-16(17)29-2/h3-6,9-10,13-14,28H,7-8,11H2,1-2H3. The highest BCUT2D eigenvalue weighted by atomic mass is 32.1. The number of aryl methyl sites for hydroxylation is 1. The normalized spacial score (nSPS) is 20.4. The maximum atomic E-state index is 12.8. The number of hydrogen-bond acceptors (Lipinski definition) is 7. The van der Waals surface area contributed by atoms with Crippen molar-refractivity contribution in [1.29, 1.82) is 0 Å². The van der Waals surface area contributed by atoms with Crippen molar-refractivity contribution in [2.75, 3.05) is 7.11 Å². The zero-order valence-corrected chi connectivity index (χ0v) is 18.0. The number of aliphatic hydroxyl groups excluding tert-OH is 1. The van der Waals surface area contributed by atoms with Gasteiger partial charge in [-0.1, -0.05) is 23.5 Å². The number of rotatable bonds is 4. The zero-order valence-electron chi connectivity index (χ0n) is 17.2. The van der Waals surface area contributed by atoms with Crippen LogP contribution in [0.5, 0.6) is 16.7 Å². The van der Waals surface area contributed by atoms with Crippen molar-refractivity contribution in [3.8, 4) is 16.7 Å². The molecule has 0 saturated heterocycles. The molecular weight excluding hydrogens is 414 g/mol. The molecule has 1 heterocycles. The highest BCUT2D eigenvalue weighted by Crippen LogP contribution is 2.43. The first kappa shape index (κ1) is 19.8. The highest BCUT2D eigenvalue weighted by molar-refractivity contribution is 7.20. The van der Waals surface area contributed by atoms with E-state index in [-0.39, 0.29) is 34.7 Å². The van der Waals surface area contributed by atoms with E-state index in [1.807, 2.05) is 31.2 Å². The van der Waals surface area contributed by atoms with Crippen molar-refractivity contribution in [2.45, 2.75) is 26.2 Å². The van der Waals surface area contributed by atoms with E-state index in [0.717, 1.165) is 17.5 Å². The summed E-state index contributed by atoms with van der Waals surface area (Å²) in [6, 6.07) is 10.9. The minimum atomic E-state index is -0.230. The molecule has 6 nitrogen and oxygen atoms in total. The van der Waals surface area contributed by atoms with Crippen LogP contribution in [0.4, 0.5) is 0 Å². The second kappa shape index (κ2) is 7.50. The minimum absolute atomic E-state index is 0.0399. The molecule has 2 fully saturated rings. The Morgan fingerprint density at radius 3 is 2.42 bits per heavy atom. The second-order valence-electron chi connectivity index (χ2n) is 7.98. The average molecular weight is 436 g/mol. The van der Waals surface area contributed by atoms with Gasteiger partial charge in [-0.25, -0.2) is 4.98 Å². The van der Waals surface area contributed by atoms with Crippen LogP contribution in [0.3, 0.4) is 0 Å². The van der Waals surface area contributed by atoms with Gasteiger partial charge < -0.3 is 14.6 Å². The minimum Gasteiger partial charge on any atom is -0.506 e. The number of aliphatic hydroxyl groups is 1. The maximum Gasteiger partial charge on any atom is 0.279 e. The predicted octanol–water partition coefficient (Wildman–Crippen LogP) is 5.24. The number of carbonyl (C=O) groups excluding carboxylic acids is 2. The summed E-state index contributed by atoms with van der Waals surface area (Å²) in [5, 5.41) is 11.4. The van der Waals surface area contributed by atoms with Crippen molar-refractivity contribution in [3.63, 3.8) is 0 Å². The Morgan fingerprint density at radius 2 is 1.74 bits per heavy atom. The van der Waals surface area contributed by atoms with Crippen LogP contribution in [0, 0.1) is 18.8 Å². The van der Waals surface area contributed by atoms with Gasteiger partial charge in [-0.2, -0.15) is 0 Å². The van der Waals surface area contributed by atoms with Crippen LogP contribution in [0.2, 0.25) is 0 Å². The first-order valence-electron chi connectivity index (χ1n) is 10.2. The number of ketones is 2. The molecule has 2 aliphatic carbocycles. The molecule has 2 aromatic carbocycles. The van der Waals surface area contributed by atoms with Crippen LogP contribution < -0.4 is 9.47 Å². The zero-order chi connectivity index (χ0) is 21.7. The smallest absolute Gasteiger partial charge is 0.279 e. The average Bonchev–Trinajstić information content (AvgIpc) is 3.39. The number of ether oxygens (including phenoxy) is 2. The van der Waals surface area contributed by atoms with Gasteiger partial charge in [-0.05, 0) is 56.0 Å². The van der Waals surface area contributed by atoms with Crippen LogP contribution in [-0.4, -0.2) is 28.8 Å². The predicted molar refractivity (Wildman–Crippen MR) is 118 cm³/mol. The number of fused-ring (bicyclic) bond motifs is 3. The van der Waals surface area contributed by atoms with Gasteiger partial charge in [0.05, 0.1) is 17.3 Å². The number of Topliss-reactive ketones (excluding diaryl/α,β-unsaturated/α-hetero) is 2. The fourth-order valence-electron chi connectivity index (χ4n) is 4.56. The van der Waals surface area contributed by atoms with Crippen LogP contribution in [0.15, 0.2) is 42.0 Å². The van der Waals surface area contributed by atoms with Crippen molar-refractivity contribution < 1.29 is 24.2 Å². The van der Waals surface area contributed by atoms with Gasteiger partial charge >= 0.3 is 0 Å². The van der Waals surface area contributed by atoms with Crippen LogP contribution in [0.25, 0.3) is 16.0 Å². The molecule has 0 radical (unpaired) electrons. The summed E-state index contributed by atoms with van der Waals surface area (Å²) in [5.74, 6) is 0.175. The van der Waals surface area contributed by atoms with Gasteiger partial charge in [0, 0.05) is 17.4 Å². The SMILES string of the molecule is COc1ccccc1Oc1nc2c(C)c(C(O)=C3C(=O)C4CCC(C4)C3=O)ccc2s1. The van der Waals surface area contributed by atoms with E-state index in [1.54, 1.807) is 19.2 Å². The lowest BCUT2D eigenvalue weighted by Crippen LogP contribution is -2.30. The number of benzene rings is 2. The van der Waals surface area contributed by atoms with Crippen LogP contribution >= 0.6 is 11.3 Å². The van der Waals surface area contributed by atoms with Gasteiger partial charge in [0.15, 0.2) is 23.1 Å². The lowest BCUT2D eigenvalue weighted by molar-refractivity contribution is -0.127. The summed E-state index contributed by atoms with van der Waals surface area (Å²) in [6.07, 6.45) is 2.06. The number of thiazole rings is 1. The molecule has 158 valence electrons. The highest BCUT2D eigenvalue weighted by Gasteiger charge is 2.45. The molecule has 0 spiro atoms. The summed E-state index contributed by atoms with van der Waals surface area (Å²) in [4.78, 5) is 30.1. The van der Waals surface area contributed by atoms with Crippen molar-refractivity contribution in [3.05, 3.63) is 53.1 Å². The third-order valence-corrected chi connectivity index (χ3v) is 7.12. The van der Waals surface area contributed by atoms with E-state index >= 15 is 0 Å². The van der Waals surface area contributed by atoms with E-state index in [1.165, 1.54) is 11.3 Å². The van der Waals surface area contributed by atoms with E-state index < -0.39 is 0 Å². The molecule has 3 aromatic rings. The quantitative estimate of drug-likeness (QED) is 0.343. The Kier molecular flexibility index (Phi) is 4.78. The summed E-state index contributed by atoms with van der Waals surface area (Å²) in [7, 11) is 1.58. The van der Waals surface area contributed by atoms with Crippen molar-refractivity contribution in [2.24, 2.45) is 11.8 Å². The largest absolute Gasteiger partial charge is 0.506 e. The Bertz CT molecular complexity index is 1230. The summed E-state index contributed by atoms with van der Waals surface area (Å²) in [6.45, 7) is 1.83. The number of para-hydroxylation sites is 2. The fourth-order valence-corrected chi connectivity index (χ4v) is 5.45. The number of aromatic nitrogens is 1. The summed E-state index contributed by atoms with van der Waals surface area (Å²) >= 11 is 1.37. The Morgan fingerprint density at radius 1 is 1.06 bits per heavy atom. The fraction of sp³-hybridized carbons (Fsp3) is 0.292. The van der Waals surface area contributed by atoms with Gasteiger partial charge in [0.1, 0.15) is 11.3 Å². The molecule has 2 atom stereocenters. The third-order valence-electron chi connectivity index (χ3n) is 6.22. The molecule has 2 unspecified atom stereocenters. The molecule has 2 saturated carbocycles. The summed E-state index contributed by atoms with van der Waals surface area (Å²) in [5.41, 5.74) is 1.78. The van der Waals surface area contributed by atoms with E-state index in [2.05, 4.69) is 4.98 Å². The molecular formula is C24H21NO5S. The Hall–Kier alpha value is -3.19. The van der Waals surface area contributed by atoms with E-state index in [4.69, 9.17) is 9.47 Å². The monoisotopic (exact) mass is 435 g/mol. The van der Waals surface area contributed by atoms with Gasteiger partial charge in [0.2, 0.25) is 0 Å². The number of hydrogen-bond donors (Lipinski definition) is 1. The van der Waals surface area contributed by atoms with Gasteiger partial charge in [-0.3, -0.25) is 9.59 Å². The molecule has 2 aliphatic rings. The number of nitrogens with zero attached hydrogens (tertiary/aromatic N) is 1. The third kappa shape index (κ3) is 3.20. The van der Waals surface area contributed by atoms with Crippen LogP contribution in [0.1, 0.15) is 30.4 Å². The summed E-state index contributed by atoms with van der Waals surface area (Å²) < 4.78 is 12.1.